The number of nitrogens with zero attached hydrogens (tertiary/aromatic N) is 3. The van der Waals surface area contributed by atoms with Crippen molar-refractivity contribution in [3.05, 3.63) is 40.8 Å². The summed E-state index contributed by atoms with van der Waals surface area (Å²) in [6.45, 7) is 8.86. The van der Waals surface area contributed by atoms with Crippen LogP contribution in [-0.4, -0.2) is 40.3 Å². The van der Waals surface area contributed by atoms with E-state index in [2.05, 4.69) is 20.4 Å². The van der Waals surface area contributed by atoms with Crippen LogP contribution in [0.3, 0.4) is 0 Å². The molecule has 7 nitrogen and oxygen atoms in total. The van der Waals surface area contributed by atoms with E-state index in [-0.39, 0.29) is 23.8 Å². The summed E-state index contributed by atoms with van der Waals surface area (Å²) in [6, 6.07) is 1.85. The van der Waals surface area contributed by atoms with Gasteiger partial charge in [-0.3, -0.25) is 4.79 Å². The first-order valence-corrected chi connectivity index (χ1v) is 8.58. The lowest BCUT2D eigenvalue weighted by molar-refractivity contribution is 0.0923. The molecule has 0 aliphatic carbocycles. The van der Waals surface area contributed by atoms with E-state index in [1.54, 1.807) is 6.20 Å². The molecule has 2 aromatic heterocycles. The molecule has 134 valence electrons. The molecule has 1 amide bonds. The van der Waals surface area contributed by atoms with Gasteiger partial charge in [-0.25, -0.2) is 9.97 Å². The average Bonchev–Trinajstić information content (AvgIpc) is 3.16. The predicted octanol–water partition coefficient (Wildman–Crippen LogP) is 2.19. The van der Waals surface area contributed by atoms with Crippen molar-refractivity contribution in [2.45, 2.75) is 46.1 Å². The van der Waals surface area contributed by atoms with E-state index in [1.165, 1.54) is 0 Å². The van der Waals surface area contributed by atoms with Crippen LogP contribution in [0.15, 0.2) is 16.8 Å². The fourth-order valence-electron chi connectivity index (χ4n) is 2.96. The zero-order valence-electron chi connectivity index (χ0n) is 15.1. The molecule has 0 radical (unpaired) electrons. The van der Waals surface area contributed by atoms with Gasteiger partial charge in [-0.05, 0) is 13.8 Å². The summed E-state index contributed by atoms with van der Waals surface area (Å²) in [5, 5.41) is 6.96. The summed E-state index contributed by atoms with van der Waals surface area (Å²) >= 11 is 0. The van der Waals surface area contributed by atoms with Crippen LogP contribution in [0.1, 0.15) is 53.1 Å². The minimum Gasteiger partial charge on any atom is -0.379 e. The van der Waals surface area contributed by atoms with Crippen LogP contribution in [0.2, 0.25) is 0 Å². The maximum Gasteiger partial charge on any atom is 0.255 e. The fraction of sp³-hybridized carbons (Fsp3) is 0.556. The first-order valence-electron chi connectivity index (χ1n) is 8.58. The summed E-state index contributed by atoms with van der Waals surface area (Å²) in [6.07, 6.45) is 2.30. The molecule has 0 saturated carbocycles. The Labute approximate surface area is 147 Å². The number of rotatable bonds is 5. The molecule has 0 bridgehead atoms. The van der Waals surface area contributed by atoms with Crippen molar-refractivity contribution in [1.29, 1.82) is 0 Å². The van der Waals surface area contributed by atoms with Gasteiger partial charge >= 0.3 is 0 Å². The zero-order valence-corrected chi connectivity index (χ0v) is 15.1. The highest BCUT2D eigenvalue weighted by atomic mass is 16.5. The smallest absolute Gasteiger partial charge is 0.255 e. The van der Waals surface area contributed by atoms with Crippen LogP contribution in [0.5, 0.6) is 0 Å². The number of hydrogen-bond acceptors (Lipinski definition) is 6. The minimum absolute atomic E-state index is 0.0675. The van der Waals surface area contributed by atoms with Crippen LogP contribution in [0.4, 0.5) is 0 Å². The molecule has 1 aliphatic heterocycles. The molecule has 2 unspecified atom stereocenters. The number of aryl methyl sites for hydroxylation is 2. The van der Waals surface area contributed by atoms with Gasteiger partial charge in [0, 0.05) is 30.5 Å². The molecule has 1 fully saturated rings. The van der Waals surface area contributed by atoms with Gasteiger partial charge < -0.3 is 14.6 Å². The highest BCUT2D eigenvalue weighted by Crippen LogP contribution is 2.20. The molecule has 2 aromatic rings. The summed E-state index contributed by atoms with van der Waals surface area (Å²) < 4.78 is 10.8. The molecule has 0 aromatic carbocycles. The Bertz CT molecular complexity index is 757. The third-order valence-electron chi connectivity index (χ3n) is 4.41. The number of hydrogen-bond donors (Lipinski definition) is 1. The van der Waals surface area contributed by atoms with E-state index in [9.17, 15) is 4.79 Å². The number of aromatic nitrogens is 3. The van der Waals surface area contributed by atoms with Crippen molar-refractivity contribution in [2.75, 3.05) is 13.2 Å². The van der Waals surface area contributed by atoms with Gasteiger partial charge in [-0.1, -0.05) is 19.0 Å². The monoisotopic (exact) mass is 344 g/mol. The van der Waals surface area contributed by atoms with Crippen LogP contribution < -0.4 is 5.32 Å². The quantitative estimate of drug-likeness (QED) is 0.894. The Morgan fingerprint density at radius 2 is 2.16 bits per heavy atom. The van der Waals surface area contributed by atoms with E-state index in [0.29, 0.717) is 30.9 Å². The summed E-state index contributed by atoms with van der Waals surface area (Å²) in [7, 11) is 0. The predicted molar refractivity (Wildman–Crippen MR) is 91.4 cm³/mol. The third kappa shape index (κ3) is 4.04. The molecule has 1 N–H and O–H groups in total. The van der Waals surface area contributed by atoms with Gasteiger partial charge in [-0.2, -0.15) is 0 Å². The molecule has 25 heavy (non-hydrogen) atoms. The lowest BCUT2D eigenvalue weighted by Gasteiger charge is -2.18. The summed E-state index contributed by atoms with van der Waals surface area (Å²) in [5.41, 5.74) is 2.05. The number of carbonyl (C=O) groups is 1. The Morgan fingerprint density at radius 1 is 1.36 bits per heavy atom. The van der Waals surface area contributed by atoms with Crippen molar-refractivity contribution in [3.8, 4) is 0 Å². The maximum atomic E-state index is 12.6. The average molecular weight is 344 g/mol. The highest BCUT2D eigenvalue weighted by molar-refractivity contribution is 5.95. The van der Waals surface area contributed by atoms with Crippen LogP contribution in [0, 0.1) is 19.8 Å². The molecule has 1 saturated heterocycles. The molecular weight excluding hydrogens is 320 g/mol. The van der Waals surface area contributed by atoms with Crippen molar-refractivity contribution in [2.24, 2.45) is 5.92 Å². The molecule has 1 aliphatic rings. The van der Waals surface area contributed by atoms with Crippen LogP contribution in [-0.2, 0) is 11.2 Å². The van der Waals surface area contributed by atoms with Crippen molar-refractivity contribution in [3.63, 3.8) is 0 Å². The van der Waals surface area contributed by atoms with Gasteiger partial charge in [-0.15, -0.1) is 0 Å². The topological polar surface area (TPSA) is 90.1 Å². The molecule has 3 rings (SSSR count). The Hall–Kier alpha value is -2.28. The fourth-order valence-corrected chi connectivity index (χ4v) is 2.96. The summed E-state index contributed by atoms with van der Waals surface area (Å²) in [4.78, 5) is 21.4. The normalized spacial score (nSPS) is 20.2. The van der Waals surface area contributed by atoms with Gasteiger partial charge in [0.2, 0.25) is 0 Å². The minimum atomic E-state index is -0.165. The second-order valence-corrected chi connectivity index (χ2v) is 6.90. The second-order valence-electron chi connectivity index (χ2n) is 6.90. The maximum absolute atomic E-state index is 12.6. The largest absolute Gasteiger partial charge is 0.379 e. The van der Waals surface area contributed by atoms with Crippen molar-refractivity contribution in [1.82, 2.24) is 20.4 Å². The molecule has 2 atom stereocenters. The lowest BCUT2D eigenvalue weighted by Crippen LogP contribution is -2.41. The molecular formula is C18H24N4O3. The number of ether oxygens (including phenoxy) is 1. The molecule has 7 heteroatoms. The van der Waals surface area contributed by atoms with E-state index in [1.807, 2.05) is 33.8 Å². The van der Waals surface area contributed by atoms with Gasteiger partial charge in [0.05, 0.1) is 36.2 Å². The van der Waals surface area contributed by atoms with Crippen molar-refractivity contribution >= 4 is 5.91 Å². The van der Waals surface area contributed by atoms with Crippen molar-refractivity contribution < 1.29 is 14.1 Å². The summed E-state index contributed by atoms with van der Waals surface area (Å²) in [5.74, 6) is 1.79. The number of amides is 1. The Kier molecular flexibility index (Phi) is 5.13. The Morgan fingerprint density at radius 3 is 2.80 bits per heavy atom. The van der Waals surface area contributed by atoms with Gasteiger partial charge in [0.1, 0.15) is 11.6 Å². The number of nitrogens with one attached hydrogen (secondary N) is 1. The van der Waals surface area contributed by atoms with E-state index < -0.39 is 0 Å². The van der Waals surface area contributed by atoms with Gasteiger partial charge in [0.25, 0.3) is 5.91 Å². The van der Waals surface area contributed by atoms with Crippen LogP contribution >= 0.6 is 0 Å². The number of carbonyl (C=O) groups excluding carboxylic acids is 1. The van der Waals surface area contributed by atoms with E-state index in [0.717, 1.165) is 17.3 Å². The first-order chi connectivity index (χ1) is 11.9. The second kappa shape index (κ2) is 7.31. The zero-order chi connectivity index (χ0) is 18.0. The van der Waals surface area contributed by atoms with E-state index in [4.69, 9.17) is 9.26 Å². The highest BCUT2D eigenvalue weighted by Gasteiger charge is 2.31. The lowest BCUT2D eigenvalue weighted by atomic mass is 9.98. The van der Waals surface area contributed by atoms with Crippen LogP contribution in [0.25, 0.3) is 0 Å². The standard InChI is InChI=1S/C18H24N4O3/c1-10(2)17-19-7-15(12(4)20-17)18(23)21-16-9-24-8-13(16)6-14-5-11(3)22-25-14/h5,7,10,13,16H,6,8-9H2,1-4H3,(H,21,23). The molecule has 3 heterocycles. The first kappa shape index (κ1) is 17.5. The van der Waals surface area contributed by atoms with E-state index >= 15 is 0 Å². The van der Waals surface area contributed by atoms with Gasteiger partial charge in [0.15, 0.2) is 0 Å². The third-order valence-corrected chi connectivity index (χ3v) is 4.41. The SMILES string of the molecule is Cc1cc(CC2COCC2NC(=O)c2cnc(C(C)C)nc2C)on1. The Balaban J connectivity index is 1.67. The molecule has 0 spiro atoms.